The molecule has 9 heteroatoms. The van der Waals surface area contributed by atoms with Crippen LogP contribution in [0.2, 0.25) is 0 Å². The summed E-state index contributed by atoms with van der Waals surface area (Å²) in [5.41, 5.74) is 4.92. The molecular weight excluding hydrogens is 358 g/mol. The Labute approximate surface area is 153 Å². The molecule has 1 amide bonds. The van der Waals surface area contributed by atoms with E-state index < -0.39 is 15.9 Å². The summed E-state index contributed by atoms with van der Waals surface area (Å²) in [7, 11) is -3.61. The Morgan fingerprint density at radius 1 is 1.23 bits per heavy atom. The molecular formula is C17H25N3O5S. The predicted molar refractivity (Wildman–Crippen MR) is 95.3 cm³/mol. The highest BCUT2D eigenvalue weighted by Crippen LogP contribution is 2.38. The number of carbonyl (C=O) groups is 1. The summed E-state index contributed by atoms with van der Waals surface area (Å²) in [6, 6.07) is 5.94. The van der Waals surface area contributed by atoms with Crippen molar-refractivity contribution in [3.8, 4) is 5.75 Å². The molecule has 0 atom stereocenters. The van der Waals surface area contributed by atoms with E-state index in [1.165, 1.54) is 24.3 Å². The van der Waals surface area contributed by atoms with Crippen LogP contribution in [0.1, 0.15) is 19.3 Å². The Hall–Kier alpha value is -1.68. The van der Waals surface area contributed by atoms with Gasteiger partial charge in [-0.15, -0.1) is 0 Å². The third-order valence-electron chi connectivity index (χ3n) is 5.07. The van der Waals surface area contributed by atoms with Gasteiger partial charge in [0.2, 0.25) is 10.0 Å². The van der Waals surface area contributed by atoms with Gasteiger partial charge in [0.25, 0.3) is 5.91 Å². The quantitative estimate of drug-likeness (QED) is 0.658. The van der Waals surface area contributed by atoms with Crippen molar-refractivity contribution < 1.29 is 22.7 Å². The standard InChI is InChI=1S/C17H25N3O5S/c18-16(21)12-25-14-2-4-15(5-3-14)26(22,23)19-13-17(6-1-7-17)20-8-10-24-11-9-20/h2-5,19H,1,6-13H2,(H2,18,21). The molecule has 1 aliphatic carbocycles. The van der Waals surface area contributed by atoms with E-state index in [1.54, 1.807) is 0 Å². The average molecular weight is 383 g/mol. The van der Waals surface area contributed by atoms with Gasteiger partial charge in [-0.1, -0.05) is 0 Å². The molecule has 0 bridgehead atoms. The van der Waals surface area contributed by atoms with E-state index >= 15 is 0 Å². The molecule has 3 rings (SSSR count). The lowest BCUT2D eigenvalue weighted by Crippen LogP contribution is -2.62. The van der Waals surface area contributed by atoms with Crippen molar-refractivity contribution in [3.63, 3.8) is 0 Å². The fraction of sp³-hybridized carbons (Fsp3) is 0.588. The lowest BCUT2D eigenvalue weighted by Gasteiger charge is -2.51. The van der Waals surface area contributed by atoms with E-state index in [1.807, 2.05) is 0 Å². The Balaban J connectivity index is 1.62. The molecule has 1 aromatic rings. The van der Waals surface area contributed by atoms with E-state index in [4.69, 9.17) is 15.2 Å². The summed E-state index contributed by atoms with van der Waals surface area (Å²) < 4.78 is 38.5. The lowest BCUT2D eigenvalue weighted by molar-refractivity contribution is -0.119. The molecule has 1 aromatic carbocycles. The van der Waals surface area contributed by atoms with Crippen LogP contribution in [0, 0.1) is 0 Å². The van der Waals surface area contributed by atoms with E-state index in [0.29, 0.717) is 25.5 Å². The van der Waals surface area contributed by atoms with Crippen LogP contribution in [0.3, 0.4) is 0 Å². The second-order valence-electron chi connectivity index (χ2n) is 6.73. The molecule has 2 fully saturated rings. The van der Waals surface area contributed by atoms with Gasteiger partial charge in [-0.05, 0) is 43.5 Å². The van der Waals surface area contributed by atoms with Crippen LogP contribution < -0.4 is 15.2 Å². The minimum absolute atomic E-state index is 0.0958. The molecule has 0 radical (unpaired) electrons. The van der Waals surface area contributed by atoms with Crippen molar-refractivity contribution in [1.82, 2.24) is 9.62 Å². The number of primary amides is 1. The number of nitrogens with two attached hydrogens (primary N) is 1. The number of amides is 1. The summed E-state index contributed by atoms with van der Waals surface area (Å²) in [5.74, 6) is -0.191. The minimum atomic E-state index is -3.61. The van der Waals surface area contributed by atoms with Gasteiger partial charge in [-0.25, -0.2) is 13.1 Å². The minimum Gasteiger partial charge on any atom is -0.484 e. The van der Waals surface area contributed by atoms with Crippen molar-refractivity contribution in [2.24, 2.45) is 5.73 Å². The van der Waals surface area contributed by atoms with Gasteiger partial charge < -0.3 is 15.2 Å². The Kier molecular flexibility index (Phi) is 5.81. The van der Waals surface area contributed by atoms with Gasteiger partial charge >= 0.3 is 0 Å². The first kappa shape index (κ1) is 19.1. The fourth-order valence-electron chi connectivity index (χ4n) is 3.41. The molecule has 1 aliphatic heterocycles. The van der Waals surface area contributed by atoms with Gasteiger partial charge in [0.05, 0.1) is 18.1 Å². The van der Waals surface area contributed by atoms with E-state index in [-0.39, 0.29) is 17.0 Å². The van der Waals surface area contributed by atoms with E-state index in [0.717, 1.165) is 32.4 Å². The van der Waals surface area contributed by atoms with Crippen LogP contribution in [-0.2, 0) is 19.6 Å². The number of ether oxygens (including phenoxy) is 2. The van der Waals surface area contributed by atoms with Crippen molar-refractivity contribution >= 4 is 15.9 Å². The number of hydrogen-bond acceptors (Lipinski definition) is 6. The smallest absolute Gasteiger partial charge is 0.255 e. The second-order valence-corrected chi connectivity index (χ2v) is 8.50. The summed E-state index contributed by atoms with van der Waals surface area (Å²) in [4.78, 5) is 13.2. The third kappa shape index (κ3) is 4.35. The second kappa shape index (κ2) is 7.91. The van der Waals surface area contributed by atoms with Gasteiger partial charge in [0.1, 0.15) is 5.75 Å². The van der Waals surface area contributed by atoms with Crippen LogP contribution in [0.25, 0.3) is 0 Å². The first-order valence-corrected chi connectivity index (χ1v) is 10.2. The van der Waals surface area contributed by atoms with Crippen LogP contribution in [-0.4, -0.2) is 64.2 Å². The maximum atomic E-state index is 12.6. The lowest BCUT2D eigenvalue weighted by atomic mass is 9.75. The fourth-order valence-corrected chi connectivity index (χ4v) is 4.53. The summed E-state index contributed by atoms with van der Waals surface area (Å²) in [6.07, 6.45) is 3.11. The monoisotopic (exact) mass is 383 g/mol. The number of morpholine rings is 1. The highest BCUT2D eigenvalue weighted by atomic mass is 32.2. The maximum absolute atomic E-state index is 12.6. The summed E-state index contributed by atoms with van der Waals surface area (Å²) in [5, 5.41) is 0. The Morgan fingerprint density at radius 3 is 2.42 bits per heavy atom. The number of carbonyl (C=O) groups excluding carboxylic acids is 1. The SMILES string of the molecule is NC(=O)COc1ccc(S(=O)(=O)NCC2(N3CCOCC3)CCC2)cc1. The topological polar surface area (TPSA) is 111 Å². The predicted octanol–water partition coefficient (Wildman–Crippen LogP) is 0.0839. The number of hydrogen-bond donors (Lipinski definition) is 2. The van der Waals surface area contributed by atoms with Gasteiger partial charge in [-0.2, -0.15) is 0 Å². The molecule has 144 valence electrons. The average Bonchev–Trinajstić information content (AvgIpc) is 2.60. The Morgan fingerprint density at radius 2 is 1.88 bits per heavy atom. The molecule has 0 unspecified atom stereocenters. The number of nitrogens with zero attached hydrogens (tertiary/aromatic N) is 1. The third-order valence-corrected chi connectivity index (χ3v) is 6.49. The van der Waals surface area contributed by atoms with Crippen LogP contribution in [0.15, 0.2) is 29.2 Å². The van der Waals surface area contributed by atoms with Crippen LogP contribution in [0.5, 0.6) is 5.75 Å². The van der Waals surface area contributed by atoms with Crippen LogP contribution >= 0.6 is 0 Å². The Bertz CT molecular complexity index is 725. The molecule has 3 N–H and O–H groups in total. The molecule has 1 saturated heterocycles. The number of rotatable bonds is 8. The highest BCUT2D eigenvalue weighted by Gasteiger charge is 2.43. The maximum Gasteiger partial charge on any atom is 0.255 e. The van der Waals surface area contributed by atoms with Crippen LogP contribution in [0.4, 0.5) is 0 Å². The molecule has 2 aliphatic rings. The normalized spacial score (nSPS) is 20.3. The zero-order chi connectivity index (χ0) is 18.6. The molecule has 1 heterocycles. The van der Waals surface area contributed by atoms with Gasteiger partial charge in [-0.3, -0.25) is 9.69 Å². The molecule has 26 heavy (non-hydrogen) atoms. The highest BCUT2D eigenvalue weighted by molar-refractivity contribution is 7.89. The molecule has 8 nitrogen and oxygen atoms in total. The molecule has 0 spiro atoms. The number of nitrogens with one attached hydrogen (secondary N) is 1. The number of sulfonamides is 1. The van der Waals surface area contributed by atoms with E-state index in [9.17, 15) is 13.2 Å². The van der Waals surface area contributed by atoms with Crippen molar-refractivity contribution in [2.45, 2.75) is 29.7 Å². The summed E-state index contributed by atoms with van der Waals surface area (Å²) >= 11 is 0. The number of benzene rings is 1. The van der Waals surface area contributed by atoms with Crippen molar-refractivity contribution in [2.75, 3.05) is 39.5 Å². The van der Waals surface area contributed by atoms with E-state index in [2.05, 4.69) is 9.62 Å². The zero-order valence-electron chi connectivity index (χ0n) is 14.6. The zero-order valence-corrected chi connectivity index (χ0v) is 15.5. The van der Waals surface area contributed by atoms with Gasteiger partial charge in [0, 0.05) is 25.2 Å². The summed E-state index contributed by atoms with van der Waals surface area (Å²) in [6.45, 7) is 3.23. The first-order valence-electron chi connectivity index (χ1n) is 8.75. The van der Waals surface area contributed by atoms with Crippen molar-refractivity contribution in [3.05, 3.63) is 24.3 Å². The first-order chi connectivity index (χ1) is 12.4. The van der Waals surface area contributed by atoms with Crippen molar-refractivity contribution in [1.29, 1.82) is 0 Å². The molecule has 1 saturated carbocycles. The largest absolute Gasteiger partial charge is 0.484 e. The van der Waals surface area contributed by atoms with Gasteiger partial charge in [0.15, 0.2) is 6.61 Å². The molecule has 0 aromatic heterocycles.